The lowest BCUT2D eigenvalue weighted by atomic mass is 10.0. The van der Waals surface area contributed by atoms with Crippen molar-refractivity contribution < 1.29 is 0 Å². The van der Waals surface area contributed by atoms with Gasteiger partial charge in [0.15, 0.2) is 0 Å². The minimum absolute atomic E-state index is 0.516. The molecule has 0 spiro atoms. The van der Waals surface area contributed by atoms with Crippen molar-refractivity contribution in [3.63, 3.8) is 0 Å². The summed E-state index contributed by atoms with van der Waals surface area (Å²) in [4.78, 5) is 9.02. The minimum atomic E-state index is 0.516. The van der Waals surface area contributed by atoms with Crippen LogP contribution in [-0.4, -0.2) is 14.5 Å². The van der Waals surface area contributed by atoms with Crippen LogP contribution in [0, 0.1) is 6.92 Å². The van der Waals surface area contributed by atoms with Gasteiger partial charge in [-0.2, -0.15) is 0 Å². The maximum absolute atomic E-state index is 5.86. The monoisotopic (exact) mass is 242 g/mol. The number of pyridine rings is 1. The van der Waals surface area contributed by atoms with E-state index in [0.717, 1.165) is 24.2 Å². The Morgan fingerprint density at radius 2 is 2.11 bits per heavy atom. The van der Waals surface area contributed by atoms with E-state index in [2.05, 4.69) is 21.5 Å². The topological polar surface area (TPSA) is 56.7 Å². The second-order valence-corrected chi connectivity index (χ2v) is 4.85. The van der Waals surface area contributed by atoms with Crippen molar-refractivity contribution in [1.82, 2.24) is 14.5 Å². The molecule has 0 atom stereocenters. The third-order valence-electron chi connectivity index (χ3n) is 3.73. The van der Waals surface area contributed by atoms with Gasteiger partial charge in [-0.3, -0.25) is 4.57 Å². The molecule has 0 aliphatic heterocycles. The Bertz CT molecular complexity index is 571. The number of fused-ring (bicyclic) bond motifs is 1. The van der Waals surface area contributed by atoms with Gasteiger partial charge in [-0.05, 0) is 44.2 Å². The number of nitrogens with two attached hydrogens (primary N) is 1. The molecule has 0 aromatic carbocycles. The molecule has 2 heterocycles. The number of hydrogen-bond donors (Lipinski definition) is 1. The van der Waals surface area contributed by atoms with Crippen LogP contribution in [0.1, 0.15) is 35.4 Å². The van der Waals surface area contributed by atoms with Crippen molar-refractivity contribution >= 4 is 0 Å². The van der Waals surface area contributed by atoms with Crippen molar-refractivity contribution in [3.05, 3.63) is 41.1 Å². The Morgan fingerprint density at radius 3 is 2.94 bits per heavy atom. The maximum Gasteiger partial charge on any atom is 0.142 e. The van der Waals surface area contributed by atoms with Crippen LogP contribution in [-0.2, 0) is 19.4 Å². The summed E-state index contributed by atoms with van der Waals surface area (Å²) >= 11 is 0. The molecule has 4 heteroatoms. The third-order valence-corrected chi connectivity index (χ3v) is 3.73. The summed E-state index contributed by atoms with van der Waals surface area (Å²) in [5.41, 5.74) is 10.7. The number of aryl methyl sites for hydroxylation is 2. The molecule has 1 aliphatic carbocycles. The lowest BCUT2D eigenvalue weighted by Gasteiger charge is -2.16. The first-order valence-electron chi connectivity index (χ1n) is 6.51. The van der Waals surface area contributed by atoms with Gasteiger partial charge >= 0.3 is 0 Å². The summed E-state index contributed by atoms with van der Waals surface area (Å²) < 4.78 is 2.13. The van der Waals surface area contributed by atoms with Crippen molar-refractivity contribution in [2.45, 2.75) is 39.2 Å². The summed E-state index contributed by atoms with van der Waals surface area (Å²) in [5.74, 6) is 0.952. The van der Waals surface area contributed by atoms with Crippen LogP contribution in [0.4, 0.5) is 0 Å². The summed E-state index contributed by atoms with van der Waals surface area (Å²) in [6.07, 6.45) is 8.41. The SMILES string of the molecule is Cc1ccnc(-n2cnc3c2CCCC3)c1CN. The first-order chi connectivity index (χ1) is 8.81. The Kier molecular flexibility index (Phi) is 2.88. The number of aromatic nitrogens is 3. The zero-order valence-electron chi connectivity index (χ0n) is 10.7. The number of rotatable bonds is 2. The van der Waals surface area contributed by atoms with Gasteiger partial charge in [0.2, 0.25) is 0 Å². The van der Waals surface area contributed by atoms with E-state index in [9.17, 15) is 0 Å². The molecule has 1 aliphatic rings. The molecule has 4 nitrogen and oxygen atoms in total. The summed E-state index contributed by atoms with van der Waals surface area (Å²) in [5, 5.41) is 0. The smallest absolute Gasteiger partial charge is 0.142 e. The summed E-state index contributed by atoms with van der Waals surface area (Å²) in [6, 6.07) is 2.01. The van der Waals surface area contributed by atoms with Crippen LogP contribution in [0.25, 0.3) is 5.82 Å². The van der Waals surface area contributed by atoms with Gasteiger partial charge in [-0.1, -0.05) is 0 Å². The molecule has 0 saturated heterocycles. The van der Waals surface area contributed by atoms with Gasteiger partial charge in [0.1, 0.15) is 12.1 Å². The predicted molar refractivity (Wildman–Crippen MR) is 70.6 cm³/mol. The van der Waals surface area contributed by atoms with Crippen LogP contribution in [0.5, 0.6) is 0 Å². The van der Waals surface area contributed by atoms with Crippen molar-refractivity contribution in [2.75, 3.05) is 0 Å². The zero-order chi connectivity index (χ0) is 12.5. The minimum Gasteiger partial charge on any atom is -0.326 e. The van der Waals surface area contributed by atoms with Gasteiger partial charge in [-0.15, -0.1) is 0 Å². The Hall–Kier alpha value is -1.68. The molecule has 3 rings (SSSR count). The van der Waals surface area contributed by atoms with E-state index in [1.54, 1.807) is 0 Å². The van der Waals surface area contributed by atoms with E-state index < -0.39 is 0 Å². The molecule has 18 heavy (non-hydrogen) atoms. The van der Waals surface area contributed by atoms with E-state index in [0.29, 0.717) is 6.54 Å². The molecular weight excluding hydrogens is 224 g/mol. The molecule has 0 bridgehead atoms. The molecule has 0 amide bonds. The number of hydrogen-bond acceptors (Lipinski definition) is 3. The fraction of sp³-hybridized carbons (Fsp3) is 0.429. The summed E-state index contributed by atoms with van der Waals surface area (Å²) in [6.45, 7) is 2.60. The highest BCUT2D eigenvalue weighted by Crippen LogP contribution is 2.24. The Balaban J connectivity index is 2.15. The van der Waals surface area contributed by atoms with Crippen molar-refractivity contribution in [3.8, 4) is 5.82 Å². The lowest BCUT2D eigenvalue weighted by molar-refractivity contribution is 0.653. The van der Waals surface area contributed by atoms with Gasteiger partial charge in [0.05, 0.1) is 5.69 Å². The van der Waals surface area contributed by atoms with Gasteiger partial charge in [0.25, 0.3) is 0 Å². The number of imidazole rings is 1. The third kappa shape index (κ3) is 1.73. The quantitative estimate of drug-likeness (QED) is 0.875. The Morgan fingerprint density at radius 1 is 1.28 bits per heavy atom. The fourth-order valence-electron chi connectivity index (χ4n) is 2.69. The molecule has 2 aromatic rings. The van der Waals surface area contributed by atoms with Crippen molar-refractivity contribution in [2.24, 2.45) is 5.73 Å². The predicted octanol–water partition coefficient (Wildman–Crippen LogP) is 1.91. The average Bonchev–Trinajstić information content (AvgIpc) is 2.82. The van der Waals surface area contributed by atoms with Gasteiger partial charge in [0, 0.05) is 24.0 Å². The highest BCUT2D eigenvalue weighted by molar-refractivity contribution is 5.41. The molecule has 0 saturated carbocycles. The summed E-state index contributed by atoms with van der Waals surface area (Å²) in [7, 11) is 0. The first kappa shape index (κ1) is 11.4. The van der Waals surface area contributed by atoms with E-state index in [-0.39, 0.29) is 0 Å². The van der Waals surface area contributed by atoms with Crippen LogP contribution >= 0.6 is 0 Å². The van der Waals surface area contributed by atoms with E-state index in [1.807, 2.05) is 18.6 Å². The van der Waals surface area contributed by atoms with Crippen LogP contribution in [0.15, 0.2) is 18.6 Å². The van der Waals surface area contributed by atoms with Gasteiger partial charge < -0.3 is 5.73 Å². The average molecular weight is 242 g/mol. The van der Waals surface area contributed by atoms with Crippen LogP contribution in [0.2, 0.25) is 0 Å². The van der Waals surface area contributed by atoms with Crippen molar-refractivity contribution in [1.29, 1.82) is 0 Å². The highest BCUT2D eigenvalue weighted by Gasteiger charge is 2.18. The normalized spacial score (nSPS) is 14.6. The molecule has 0 radical (unpaired) electrons. The zero-order valence-corrected chi connectivity index (χ0v) is 10.7. The lowest BCUT2D eigenvalue weighted by Crippen LogP contribution is -2.12. The number of nitrogens with zero attached hydrogens (tertiary/aromatic N) is 3. The molecule has 0 unspecified atom stereocenters. The molecule has 2 N–H and O–H groups in total. The molecule has 2 aromatic heterocycles. The van der Waals surface area contributed by atoms with E-state index in [4.69, 9.17) is 5.73 Å². The van der Waals surface area contributed by atoms with E-state index in [1.165, 1.54) is 29.8 Å². The van der Waals surface area contributed by atoms with Gasteiger partial charge in [-0.25, -0.2) is 9.97 Å². The van der Waals surface area contributed by atoms with Crippen LogP contribution < -0.4 is 5.73 Å². The Labute approximate surface area is 107 Å². The maximum atomic E-state index is 5.86. The fourth-order valence-corrected chi connectivity index (χ4v) is 2.69. The first-order valence-corrected chi connectivity index (χ1v) is 6.51. The standard InChI is InChI=1S/C14H18N4/c1-10-6-7-16-14(11(10)8-15)18-9-17-12-4-2-3-5-13(12)18/h6-7,9H,2-5,8,15H2,1H3. The largest absolute Gasteiger partial charge is 0.326 e. The second-order valence-electron chi connectivity index (χ2n) is 4.85. The van der Waals surface area contributed by atoms with Crippen LogP contribution in [0.3, 0.4) is 0 Å². The highest BCUT2D eigenvalue weighted by atomic mass is 15.1. The molecular formula is C14H18N4. The molecule has 0 fully saturated rings. The van der Waals surface area contributed by atoms with E-state index >= 15 is 0 Å². The second kappa shape index (κ2) is 4.53. The molecule has 94 valence electrons.